The Morgan fingerprint density at radius 3 is 2.33 bits per heavy atom. The van der Waals surface area contributed by atoms with Crippen LogP contribution < -0.4 is 0 Å². The van der Waals surface area contributed by atoms with E-state index in [9.17, 15) is 4.79 Å². The van der Waals surface area contributed by atoms with Crippen molar-refractivity contribution in [1.82, 2.24) is 0 Å². The monoisotopic (exact) mass is 214 g/mol. The number of hydrogen-bond acceptors (Lipinski definition) is 2. The van der Waals surface area contributed by atoms with E-state index < -0.39 is 5.97 Å². The molecule has 0 saturated carbocycles. The van der Waals surface area contributed by atoms with Gasteiger partial charge in [0.25, 0.3) is 0 Å². The molecule has 0 aliphatic rings. The van der Waals surface area contributed by atoms with Crippen LogP contribution in [-0.4, -0.2) is 24.3 Å². The van der Waals surface area contributed by atoms with Crippen LogP contribution >= 0.6 is 0 Å². The molecule has 0 bridgehead atoms. The molecule has 0 radical (unpaired) electrons. The molecule has 0 unspecified atom stereocenters. The van der Waals surface area contributed by atoms with Crippen LogP contribution in [0.25, 0.3) is 0 Å². The van der Waals surface area contributed by atoms with E-state index in [1.807, 2.05) is 6.08 Å². The lowest BCUT2D eigenvalue weighted by atomic mass is 10.1. The number of carbonyl (C=O) groups is 1. The van der Waals surface area contributed by atoms with Crippen LogP contribution in [0.2, 0.25) is 0 Å². The Kier molecular flexibility index (Phi) is 10.6. The fourth-order valence-corrected chi connectivity index (χ4v) is 1.36. The fraction of sp³-hybridized carbons (Fsp3) is 0.750. The Labute approximate surface area is 92.1 Å². The molecular formula is C12H22O3. The van der Waals surface area contributed by atoms with Gasteiger partial charge >= 0.3 is 5.97 Å². The standard InChI is InChI=1S/C12H22O3/c1-2-3-4-5-6-7-8-9-10-15-11-12(13)14/h2H,1,3-11H2,(H,13,14). The van der Waals surface area contributed by atoms with Gasteiger partial charge in [-0.2, -0.15) is 0 Å². The summed E-state index contributed by atoms with van der Waals surface area (Å²) in [4.78, 5) is 10.1. The second-order valence-corrected chi connectivity index (χ2v) is 3.64. The molecule has 0 spiro atoms. The SMILES string of the molecule is C=CCCCCCCCCOCC(=O)O. The molecule has 0 fully saturated rings. The Bertz CT molecular complexity index is 166. The quantitative estimate of drug-likeness (QED) is 0.425. The highest BCUT2D eigenvalue weighted by atomic mass is 16.5. The molecule has 0 aromatic heterocycles. The third-order valence-electron chi connectivity index (χ3n) is 2.17. The number of allylic oxidation sites excluding steroid dienone is 1. The Hall–Kier alpha value is -0.830. The minimum atomic E-state index is -0.889. The summed E-state index contributed by atoms with van der Waals surface area (Å²) >= 11 is 0. The van der Waals surface area contributed by atoms with E-state index in [4.69, 9.17) is 9.84 Å². The first kappa shape index (κ1) is 14.2. The minimum Gasteiger partial charge on any atom is -0.480 e. The lowest BCUT2D eigenvalue weighted by molar-refractivity contribution is -0.142. The number of aliphatic carboxylic acids is 1. The zero-order valence-corrected chi connectivity index (χ0v) is 9.41. The second kappa shape index (κ2) is 11.2. The van der Waals surface area contributed by atoms with Crippen molar-refractivity contribution in [3.63, 3.8) is 0 Å². The van der Waals surface area contributed by atoms with Crippen molar-refractivity contribution >= 4 is 5.97 Å². The smallest absolute Gasteiger partial charge is 0.329 e. The van der Waals surface area contributed by atoms with E-state index in [-0.39, 0.29) is 6.61 Å². The summed E-state index contributed by atoms with van der Waals surface area (Å²) in [6, 6.07) is 0. The van der Waals surface area contributed by atoms with Gasteiger partial charge in [0.15, 0.2) is 0 Å². The summed E-state index contributed by atoms with van der Waals surface area (Å²) < 4.78 is 4.93. The number of rotatable bonds is 11. The maximum absolute atomic E-state index is 10.1. The Morgan fingerprint density at radius 2 is 1.73 bits per heavy atom. The van der Waals surface area contributed by atoms with Gasteiger partial charge in [-0.05, 0) is 19.3 Å². The van der Waals surface area contributed by atoms with E-state index in [0.29, 0.717) is 6.61 Å². The third-order valence-corrected chi connectivity index (χ3v) is 2.17. The average Bonchev–Trinajstić information content (AvgIpc) is 2.20. The van der Waals surface area contributed by atoms with Crippen LogP contribution in [0.5, 0.6) is 0 Å². The van der Waals surface area contributed by atoms with Crippen molar-refractivity contribution < 1.29 is 14.6 Å². The van der Waals surface area contributed by atoms with Crippen molar-refractivity contribution in [2.45, 2.75) is 44.9 Å². The van der Waals surface area contributed by atoms with Crippen LogP contribution in [0.15, 0.2) is 12.7 Å². The molecule has 15 heavy (non-hydrogen) atoms. The summed E-state index contributed by atoms with van der Waals surface area (Å²) in [6.07, 6.45) is 10.1. The van der Waals surface area contributed by atoms with Crippen LogP contribution in [0.3, 0.4) is 0 Å². The molecule has 0 aromatic carbocycles. The van der Waals surface area contributed by atoms with Gasteiger partial charge in [-0.15, -0.1) is 6.58 Å². The number of hydrogen-bond donors (Lipinski definition) is 1. The van der Waals surface area contributed by atoms with E-state index in [2.05, 4.69) is 6.58 Å². The zero-order valence-electron chi connectivity index (χ0n) is 9.41. The van der Waals surface area contributed by atoms with Crippen LogP contribution in [0.4, 0.5) is 0 Å². The highest BCUT2D eigenvalue weighted by Gasteiger charge is 1.95. The average molecular weight is 214 g/mol. The molecule has 0 rings (SSSR count). The van der Waals surface area contributed by atoms with Gasteiger partial charge in [0.1, 0.15) is 6.61 Å². The van der Waals surface area contributed by atoms with E-state index >= 15 is 0 Å². The predicted octanol–water partition coefficient (Wildman–Crippen LogP) is 3.00. The summed E-state index contributed by atoms with van der Waals surface area (Å²) in [6.45, 7) is 4.08. The van der Waals surface area contributed by atoms with Gasteiger partial charge < -0.3 is 9.84 Å². The van der Waals surface area contributed by atoms with Gasteiger partial charge in [0.2, 0.25) is 0 Å². The second-order valence-electron chi connectivity index (χ2n) is 3.64. The van der Waals surface area contributed by atoms with Crippen molar-refractivity contribution in [1.29, 1.82) is 0 Å². The van der Waals surface area contributed by atoms with Gasteiger partial charge in [0, 0.05) is 6.61 Å². The normalized spacial score (nSPS) is 10.1. The molecule has 0 heterocycles. The molecule has 0 atom stereocenters. The van der Waals surface area contributed by atoms with Crippen molar-refractivity contribution in [2.75, 3.05) is 13.2 Å². The fourth-order valence-electron chi connectivity index (χ4n) is 1.36. The molecule has 88 valence electrons. The maximum atomic E-state index is 10.1. The van der Waals surface area contributed by atoms with Gasteiger partial charge in [-0.25, -0.2) is 4.79 Å². The van der Waals surface area contributed by atoms with E-state index in [1.165, 1.54) is 25.7 Å². The summed E-state index contributed by atoms with van der Waals surface area (Å²) in [5.41, 5.74) is 0. The number of carboxylic acids is 1. The molecule has 3 nitrogen and oxygen atoms in total. The van der Waals surface area contributed by atoms with E-state index in [0.717, 1.165) is 19.3 Å². The van der Waals surface area contributed by atoms with Gasteiger partial charge in [-0.1, -0.05) is 31.8 Å². The van der Waals surface area contributed by atoms with Crippen molar-refractivity contribution in [2.24, 2.45) is 0 Å². The highest BCUT2D eigenvalue weighted by Crippen LogP contribution is 2.07. The minimum absolute atomic E-state index is 0.167. The lowest BCUT2D eigenvalue weighted by Crippen LogP contribution is -2.07. The van der Waals surface area contributed by atoms with Crippen LogP contribution in [0.1, 0.15) is 44.9 Å². The van der Waals surface area contributed by atoms with E-state index in [1.54, 1.807) is 0 Å². The highest BCUT2D eigenvalue weighted by molar-refractivity contribution is 5.67. The van der Waals surface area contributed by atoms with Crippen molar-refractivity contribution in [3.8, 4) is 0 Å². The summed E-state index contributed by atoms with van der Waals surface area (Å²) in [5.74, 6) is -0.889. The Morgan fingerprint density at radius 1 is 1.13 bits per heavy atom. The largest absolute Gasteiger partial charge is 0.480 e. The molecule has 0 aliphatic carbocycles. The Balaban J connectivity index is 2.92. The molecule has 1 N–H and O–H groups in total. The van der Waals surface area contributed by atoms with Crippen LogP contribution in [0, 0.1) is 0 Å². The molecule has 0 saturated heterocycles. The number of carboxylic acid groups (broad SMARTS) is 1. The third kappa shape index (κ3) is 13.2. The summed E-state index contributed by atoms with van der Waals surface area (Å²) in [7, 11) is 0. The number of ether oxygens (including phenoxy) is 1. The first-order chi connectivity index (χ1) is 7.27. The first-order valence-electron chi connectivity index (χ1n) is 5.68. The molecule has 3 heteroatoms. The molecule has 0 aromatic rings. The summed E-state index contributed by atoms with van der Waals surface area (Å²) in [5, 5.41) is 8.30. The maximum Gasteiger partial charge on any atom is 0.329 e. The topological polar surface area (TPSA) is 46.5 Å². The molecule has 0 aliphatic heterocycles. The zero-order chi connectivity index (χ0) is 11.4. The molecule has 0 amide bonds. The lowest BCUT2D eigenvalue weighted by Gasteiger charge is -2.01. The van der Waals surface area contributed by atoms with Crippen molar-refractivity contribution in [3.05, 3.63) is 12.7 Å². The van der Waals surface area contributed by atoms with Gasteiger partial charge in [-0.3, -0.25) is 0 Å². The molecular weight excluding hydrogens is 192 g/mol. The number of unbranched alkanes of at least 4 members (excludes halogenated alkanes) is 6. The van der Waals surface area contributed by atoms with Gasteiger partial charge in [0.05, 0.1) is 0 Å². The first-order valence-corrected chi connectivity index (χ1v) is 5.68. The predicted molar refractivity (Wildman–Crippen MR) is 61.0 cm³/mol. The van der Waals surface area contributed by atoms with Crippen LogP contribution in [-0.2, 0) is 9.53 Å².